The maximum Gasteiger partial charge on any atom is 0.308 e. The molecule has 0 aliphatic heterocycles. The van der Waals surface area contributed by atoms with Crippen molar-refractivity contribution >= 4 is 18.4 Å². The molecule has 0 aromatic heterocycles. The lowest BCUT2D eigenvalue weighted by Crippen LogP contribution is -2.44. The monoisotopic (exact) mass is 215 g/mol. The molecule has 1 aliphatic carbocycles. The van der Waals surface area contributed by atoms with Gasteiger partial charge in [0.1, 0.15) is 0 Å². The van der Waals surface area contributed by atoms with E-state index < -0.39 is 30.3 Å². The number of carboxylic acid groups (broad SMARTS) is 1. The third-order valence-corrected chi connectivity index (χ3v) is 2.20. The van der Waals surface area contributed by atoms with E-state index in [1.807, 2.05) is 0 Å². The van der Waals surface area contributed by atoms with Crippen molar-refractivity contribution in [1.29, 1.82) is 0 Å². The van der Waals surface area contributed by atoms with E-state index >= 15 is 0 Å². The van der Waals surface area contributed by atoms with Crippen LogP contribution in [-0.2, 0) is 4.79 Å². The SMILES string of the molecule is Cl.NC1CCC(F)(F)CC1C(=O)O. The second-order valence-corrected chi connectivity index (χ2v) is 3.21. The summed E-state index contributed by atoms with van der Waals surface area (Å²) in [6.45, 7) is 0. The van der Waals surface area contributed by atoms with Gasteiger partial charge in [-0.25, -0.2) is 8.78 Å². The van der Waals surface area contributed by atoms with E-state index in [2.05, 4.69) is 0 Å². The molecule has 0 bridgehead atoms. The summed E-state index contributed by atoms with van der Waals surface area (Å²) in [5.41, 5.74) is 5.39. The van der Waals surface area contributed by atoms with Gasteiger partial charge in [-0.3, -0.25) is 4.79 Å². The van der Waals surface area contributed by atoms with Crippen LogP contribution in [0.1, 0.15) is 19.3 Å². The highest BCUT2D eigenvalue weighted by molar-refractivity contribution is 5.85. The molecule has 3 nitrogen and oxygen atoms in total. The number of halogens is 3. The number of aliphatic carboxylic acids is 1. The molecule has 1 rings (SSSR count). The topological polar surface area (TPSA) is 63.3 Å². The second kappa shape index (κ2) is 4.19. The summed E-state index contributed by atoms with van der Waals surface area (Å²) in [5, 5.41) is 8.53. The van der Waals surface area contributed by atoms with Crippen molar-refractivity contribution in [2.75, 3.05) is 0 Å². The lowest BCUT2D eigenvalue weighted by molar-refractivity contribution is -0.150. The molecular formula is C7H12ClF2NO2. The van der Waals surface area contributed by atoms with Gasteiger partial charge in [0.2, 0.25) is 5.92 Å². The predicted octanol–water partition coefficient (Wildman–Crippen LogP) is 1.26. The van der Waals surface area contributed by atoms with Gasteiger partial charge in [0, 0.05) is 18.9 Å². The molecule has 2 atom stereocenters. The Bertz CT molecular complexity index is 201. The van der Waals surface area contributed by atoms with Crippen LogP contribution in [0.5, 0.6) is 0 Å². The van der Waals surface area contributed by atoms with Crippen LogP contribution in [0, 0.1) is 5.92 Å². The molecule has 2 unspecified atom stereocenters. The van der Waals surface area contributed by atoms with Crippen LogP contribution in [0.2, 0.25) is 0 Å². The molecule has 0 heterocycles. The van der Waals surface area contributed by atoms with Crippen LogP contribution in [0.25, 0.3) is 0 Å². The van der Waals surface area contributed by atoms with Crippen molar-refractivity contribution in [3.63, 3.8) is 0 Å². The zero-order valence-electron chi connectivity index (χ0n) is 6.87. The normalized spacial score (nSPS) is 31.9. The molecule has 0 radical (unpaired) electrons. The van der Waals surface area contributed by atoms with Gasteiger partial charge in [0.25, 0.3) is 0 Å². The molecule has 0 aromatic rings. The minimum Gasteiger partial charge on any atom is -0.481 e. The maximum atomic E-state index is 12.7. The van der Waals surface area contributed by atoms with Crippen LogP contribution in [0.3, 0.4) is 0 Å². The molecule has 6 heteroatoms. The third-order valence-electron chi connectivity index (χ3n) is 2.20. The Kier molecular flexibility index (Phi) is 4.06. The van der Waals surface area contributed by atoms with Gasteiger partial charge in [-0.1, -0.05) is 0 Å². The summed E-state index contributed by atoms with van der Waals surface area (Å²) < 4.78 is 25.3. The Hall–Kier alpha value is -0.420. The Balaban J connectivity index is 0.00000144. The fourth-order valence-corrected chi connectivity index (χ4v) is 1.42. The van der Waals surface area contributed by atoms with Crippen molar-refractivity contribution in [2.45, 2.75) is 31.2 Å². The van der Waals surface area contributed by atoms with Crippen molar-refractivity contribution in [1.82, 2.24) is 0 Å². The zero-order valence-corrected chi connectivity index (χ0v) is 7.69. The highest BCUT2D eigenvalue weighted by atomic mass is 35.5. The molecular weight excluding hydrogens is 204 g/mol. The summed E-state index contributed by atoms with van der Waals surface area (Å²) in [6, 6.07) is -0.623. The first-order chi connectivity index (χ1) is 5.42. The number of carbonyl (C=O) groups is 1. The molecule has 3 N–H and O–H groups in total. The van der Waals surface area contributed by atoms with Crippen molar-refractivity contribution < 1.29 is 18.7 Å². The fraction of sp³-hybridized carbons (Fsp3) is 0.857. The van der Waals surface area contributed by atoms with Crippen molar-refractivity contribution in [2.24, 2.45) is 11.7 Å². The first kappa shape index (κ1) is 12.6. The average Bonchev–Trinajstić information content (AvgIpc) is 1.94. The molecule has 0 saturated heterocycles. The number of nitrogens with two attached hydrogens (primary N) is 1. The Morgan fingerprint density at radius 2 is 2.08 bits per heavy atom. The number of carboxylic acids is 1. The number of hydrogen-bond acceptors (Lipinski definition) is 2. The first-order valence-corrected chi connectivity index (χ1v) is 3.78. The van der Waals surface area contributed by atoms with Gasteiger partial charge in [0.15, 0.2) is 0 Å². The largest absolute Gasteiger partial charge is 0.481 e. The van der Waals surface area contributed by atoms with Gasteiger partial charge in [-0.15, -0.1) is 12.4 Å². The van der Waals surface area contributed by atoms with E-state index in [4.69, 9.17) is 10.8 Å². The van der Waals surface area contributed by atoms with E-state index in [1.165, 1.54) is 0 Å². The predicted molar refractivity (Wildman–Crippen MR) is 45.1 cm³/mol. The van der Waals surface area contributed by atoms with Gasteiger partial charge in [0.05, 0.1) is 5.92 Å². The summed E-state index contributed by atoms with van der Waals surface area (Å²) in [5.74, 6) is -5.16. The summed E-state index contributed by atoms with van der Waals surface area (Å²) >= 11 is 0. The number of rotatable bonds is 1. The lowest BCUT2D eigenvalue weighted by Gasteiger charge is -2.31. The van der Waals surface area contributed by atoms with Crippen molar-refractivity contribution in [3.05, 3.63) is 0 Å². The second-order valence-electron chi connectivity index (χ2n) is 3.21. The molecule has 0 aromatic carbocycles. The third kappa shape index (κ3) is 3.08. The Morgan fingerprint density at radius 3 is 2.46 bits per heavy atom. The van der Waals surface area contributed by atoms with Gasteiger partial charge in [-0.2, -0.15) is 0 Å². The smallest absolute Gasteiger partial charge is 0.308 e. The molecule has 13 heavy (non-hydrogen) atoms. The Labute approximate surface area is 80.7 Å². The molecule has 0 spiro atoms. The number of hydrogen-bond donors (Lipinski definition) is 2. The molecule has 0 amide bonds. The van der Waals surface area contributed by atoms with Crippen molar-refractivity contribution in [3.8, 4) is 0 Å². The van der Waals surface area contributed by atoms with Crippen LogP contribution < -0.4 is 5.73 Å². The summed E-state index contributed by atoms with van der Waals surface area (Å²) in [4.78, 5) is 10.4. The molecule has 78 valence electrons. The van der Waals surface area contributed by atoms with E-state index in [-0.39, 0.29) is 25.2 Å². The minimum atomic E-state index is -2.85. The lowest BCUT2D eigenvalue weighted by atomic mass is 9.83. The minimum absolute atomic E-state index is 0. The van der Waals surface area contributed by atoms with E-state index in [9.17, 15) is 13.6 Å². The highest BCUT2D eigenvalue weighted by Gasteiger charge is 2.43. The van der Waals surface area contributed by atoms with Gasteiger partial charge >= 0.3 is 5.97 Å². The molecule has 1 aliphatic rings. The van der Waals surface area contributed by atoms with E-state index in [0.717, 1.165) is 0 Å². The van der Waals surface area contributed by atoms with Crippen LogP contribution in [0.4, 0.5) is 8.78 Å². The maximum absolute atomic E-state index is 12.7. The highest BCUT2D eigenvalue weighted by Crippen LogP contribution is 2.36. The summed E-state index contributed by atoms with van der Waals surface area (Å²) in [6.07, 6.45) is -0.828. The fourth-order valence-electron chi connectivity index (χ4n) is 1.42. The number of alkyl halides is 2. The molecule has 1 saturated carbocycles. The standard InChI is InChI=1S/C7H11F2NO2.ClH/c8-7(9)2-1-5(10)4(3-7)6(11)12;/h4-5H,1-3,10H2,(H,11,12);1H. The van der Waals surface area contributed by atoms with Crippen LogP contribution in [-0.4, -0.2) is 23.0 Å². The van der Waals surface area contributed by atoms with Crippen LogP contribution >= 0.6 is 12.4 Å². The average molecular weight is 216 g/mol. The Morgan fingerprint density at radius 1 is 1.54 bits per heavy atom. The van der Waals surface area contributed by atoms with E-state index in [1.54, 1.807) is 0 Å². The van der Waals surface area contributed by atoms with E-state index in [0.29, 0.717) is 0 Å². The van der Waals surface area contributed by atoms with Gasteiger partial charge in [-0.05, 0) is 6.42 Å². The summed E-state index contributed by atoms with van der Waals surface area (Å²) in [7, 11) is 0. The first-order valence-electron chi connectivity index (χ1n) is 3.78. The molecule has 1 fully saturated rings. The van der Waals surface area contributed by atoms with Crippen LogP contribution in [0.15, 0.2) is 0 Å². The zero-order chi connectivity index (χ0) is 9.35. The quantitative estimate of drug-likeness (QED) is 0.692. The van der Waals surface area contributed by atoms with Gasteiger partial charge < -0.3 is 10.8 Å².